The zero-order valence-electron chi connectivity index (χ0n) is 9.50. The average molecular weight is 299 g/mol. The highest BCUT2D eigenvalue weighted by molar-refractivity contribution is 7.79. The second kappa shape index (κ2) is 8.37. The highest BCUT2D eigenvalue weighted by atomic mass is 32.3. The first-order chi connectivity index (χ1) is 8.09. The number of hydrogen-bond donors (Lipinski definition) is 5. The summed E-state index contributed by atoms with van der Waals surface area (Å²) in [6.45, 7) is 0. The number of aromatic hydroxyl groups is 1. The van der Waals surface area contributed by atoms with Crippen LogP contribution in [0.2, 0.25) is 0 Å². The number of carbonyl (C=O) groups is 1. The zero-order chi connectivity index (χ0) is 14.3. The quantitative estimate of drug-likeness (QED) is 0.482. The van der Waals surface area contributed by atoms with Gasteiger partial charge in [-0.15, -0.1) is 0 Å². The molecule has 1 aromatic carbocycles. The van der Waals surface area contributed by atoms with Gasteiger partial charge in [-0.3, -0.25) is 18.6 Å². The molecule has 0 fully saturated rings. The number of carboxylic acid groups (broad SMARTS) is 1. The van der Waals surface area contributed by atoms with Crippen LogP contribution in [0.1, 0.15) is 5.56 Å². The third-order valence-corrected chi connectivity index (χ3v) is 1.71. The molecule has 0 spiro atoms. The molecule has 0 aliphatic rings. The van der Waals surface area contributed by atoms with Crippen LogP contribution in [0.15, 0.2) is 24.3 Å². The third kappa shape index (κ3) is 12.5. The van der Waals surface area contributed by atoms with Gasteiger partial charge in [-0.1, -0.05) is 12.1 Å². The summed E-state index contributed by atoms with van der Waals surface area (Å²) in [5.74, 6) is -0.860. The van der Waals surface area contributed by atoms with Gasteiger partial charge in [-0.2, -0.15) is 8.42 Å². The van der Waals surface area contributed by atoms with Crippen molar-refractivity contribution in [2.45, 2.75) is 12.5 Å². The summed E-state index contributed by atoms with van der Waals surface area (Å²) in [6.07, 6.45) is 0.273. The first-order valence-corrected chi connectivity index (χ1v) is 5.95. The summed E-state index contributed by atoms with van der Waals surface area (Å²) in [5.41, 5.74) is 6.12. The minimum Gasteiger partial charge on any atom is -0.508 e. The number of carboxylic acids is 1. The summed E-state index contributed by atoms with van der Waals surface area (Å²) in [7, 11) is -4.67. The van der Waals surface area contributed by atoms with Gasteiger partial charge in [0.1, 0.15) is 11.8 Å². The number of aliphatic carboxylic acids is 1. The largest absolute Gasteiger partial charge is 0.508 e. The predicted molar refractivity (Wildman–Crippen MR) is 64.1 cm³/mol. The van der Waals surface area contributed by atoms with Crippen molar-refractivity contribution in [3.05, 3.63) is 29.8 Å². The van der Waals surface area contributed by atoms with Gasteiger partial charge in [0.25, 0.3) is 0 Å². The molecule has 0 aliphatic carbocycles. The topological polar surface area (TPSA) is 158 Å². The summed E-state index contributed by atoms with van der Waals surface area (Å²) in [5, 5.41) is 17.5. The lowest BCUT2D eigenvalue weighted by molar-refractivity contribution is -0.138. The van der Waals surface area contributed by atoms with Crippen LogP contribution >= 0.6 is 0 Å². The third-order valence-electron chi connectivity index (χ3n) is 1.71. The standard InChI is InChI=1S/C9H11NO3.FH.H2O4S/c10-8(9(12)13)5-6-1-3-7(11)4-2-6;;1-5(2,3)4/h1-4,8,11H,5,10H2,(H,12,13);1H;(H2,1,2,3,4). The Hall–Kier alpha value is -1.75. The van der Waals surface area contributed by atoms with Gasteiger partial charge in [0.15, 0.2) is 0 Å². The SMILES string of the molecule is F.NC(Cc1ccc(O)cc1)C(=O)O.O=S(=O)(O)O. The van der Waals surface area contributed by atoms with Gasteiger partial charge in [-0.05, 0) is 24.1 Å². The summed E-state index contributed by atoms with van der Waals surface area (Å²) in [4.78, 5) is 10.4. The average Bonchev–Trinajstić information content (AvgIpc) is 2.18. The molecule has 0 heterocycles. The number of rotatable bonds is 3. The van der Waals surface area contributed by atoms with Gasteiger partial charge in [0.05, 0.1) is 0 Å². The molecule has 8 nitrogen and oxygen atoms in total. The van der Waals surface area contributed by atoms with Crippen molar-refractivity contribution in [1.82, 2.24) is 0 Å². The van der Waals surface area contributed by atoms with E-state index in [4.69, 9.17) is 33.5 Å². The molecular formula is C9H14FNO7S. The van der Waals surface area contributed by atoms with E-state index >= 15 is 0 Å². The van der Waals surface area contributed by atoms with Gasteiger partial charge < -0.3 is 15.9 Å². The van der Waals surface area contributed by atoms with E-state index in [1.807, 2.05) is 0 Å². The van der Waals surface area contributed by atoms with Crippen LogP contribution in [0, 0.1) is 0 Å². The maximum Gasteiger partial charge on any atom is 0.394 e. The van der Waals surface area contributed by atoms with E-state index < -0.39 is 22.4 Å². The summed E-state index contributed by atoms with van der Waals surface area (Å²) >= 11 is 0. The fraction of sp³-hybridized carbons (Fsp3) is 0.222. The lowest BCUT2D eigenvalue weighted by Crippen LogP contribution is -2.32. The number of hydrogen-bond acceptors (Lipinski definition) is 5. The molecule has 1 rings (SSSR count). The zero-order valence-corrected chi connectivity index (χ0v) is 10.3. The second-order valence-corrected chi connectivity index (χ2v) is 4.16. The maximum atomic E-state index is 10.4. The van der Waals surface area contributed by atoms with Crippen molar-refractivity contribution in [2.24, 2.45) is 5.73 Å². The van der Waals surface area contributed by atoms with Crippen LogP contribution in [0.4, 0.5) is 4.70 Å². The normalized spacial score (nSPS) is 11.5. The predicted octanol–water partition coefficient (Wildman–Crippen LogP) is -0.154. The second-order valence-electron chi connectivity index (χ2n) is 3.26. The van der Waals surface area contributed by atoms with Gasteiger partial charge in [0, 0.05) is 0 Å². The Morgan fingerprint density at radius 3 is 1.89 bits per heavy atom. The van der Waals surface area contributed by atoms with Gasteiger partial charge >= 0.3 is 16.4 Å². The van der Waals surface area contributed by atoms with E-state index in [0.29, 0.717) is 0 Å². The lowest BCUT2D eigenvalue weighted by atomic mass is 10.1. The molecule has 1 aromatic rings. The van der Waals surface area contributed by atoms with Crippen LogP contribution in [0.3, 0.4) is 0 Å². The molecule has 0 saturated heterocycles. The van der Waals surface area contributed by atoms with E-state index in [-0.39, 0.29) is 16.9 Å². The Morgan fingerprint density at radius 2 is 1.58 bits per heavy atom. The van der Waals surface area contributed by atoms with E-state index in [9.17, 15) is 4.79 Å². The highest BCUT2D eigenvalue weighted by Gasteiger charge is 2.11. The molecule has 10 heteroatoms. The number of phenolic OH excluding ortho intramolecular Hbond substituents is 1. The Morgan fingerprint density at radius 1 is 1.21 bits per heavy atom. The molecule has 0 saturated carbocycles. The van der Waals surface area contributed by atoms with Crippen molar-refractivity contribution in [1.29, 1.82) is 0 Å². The van der Waals surface area contributed by atoms with E-state index in [1.54, 1.807) is 12.1 Å². The Balaban J connectivity index is 0. The van der Waals surface area contributed by atoms with E-state index in [1.165, 1.54) is 12.1 Å². The number of phenols is 1. The fourth-order valence-electron chi connectivity index (χ4n) is 0.973. The molecule has 110 valence electrons. The van der Waals surface area contributed by atoms with Crippen LogP contribution in [-0.2, 0) is 21.6 Å². The Labute approximate surface area is 108 Å². The van der Waals surface area contributed by atoms with Crippen molar-refractivity contribution >= 4 is 16.4 Å². The van der Waals surface area contributed by atoms with Crippen molar-refractivity contribution in [2.75, 3.05) is 0 Å². The Bertz CT molecular complexity index is 480. The molecule has 0 radical (unpaired) electrons. The Kier molecular flexibility index (Phi) is 8.63. The first-order valence-electron chi connectivity index (χ1n) is 4.55. The van der Waals surface area contributed by atoms with Crippen LogP contribution < -0.4 is 5.73 Å². The number of halogens is 1. The molecule has 1 atom stereocenters. The lowest BCUT2D eigenvalue weighted by Gasteiger charge is -2.05. The van der Waals surface area contributed by atoms with Gasteiger partial charge in [0.2, 0.25) is 0 Å². The van der Waals surface area contributed by atoms with Crippen LogP contribution in [-0.4, -0.2) is 39.7 Å². The van der Waals surface area contributed by atoms with Crippen LogP contribution in [0.25, 0.3) is 0 Å². The molecule has 0 aromatic heterocycles. The summed E-state index contributed by atoms with van der Waals surface area (Å²) < 4.78 is 31.6. The fourth-order valence-corrected chi connectivity index (χ4v) is 0.973. The highest BCUT2D eigenvalue weighted by Crippen LogP contribution is 2.10. The smallest absolute Gasteiger partial charge is 0.394 e. The molecule has 0 aliphatic heterocycles. The molecule has 6 N–H and O–H groups in total. The minimum absolute atomic E-state index is 0. The molecule has 19 heavy (non-hydrogen) atoms. The molecule has 0 bridgehead atoms. The number of benzene rings is 1. The summed E-state index contributed by atoms with van der Waals surface area (Å²) in [6, 6.07) is 5.42. The maximum absolute atomic E-state index is 10.4. The first kappa shape index (κ1) is 19.6. The molecular weight excluding hydrogens is 285 g/mol. The van der Waals surface area contributed by atoms with Gasteiger partial charge in [-0.25, -0.2) is 0 Å². The molecule has 0 amide bonds. The minimum atomic E-state index is -4.67. The van der Waals surface area contributed by atoms with E-state index in [0.717, 1.165) is 5.56 Å². The monoisotopic (exact) mass is 299 g/mol. The molecule has 1 unspecified atom stereocenters. The van der Waals surface area contributed by atoms with Crippen molar-refractivity contribution in [3.63, 3.8) is 0 Å². The van der Waals surface area contributed by atoms with E-state index in [2.05, 4.69) is 0 Å². The number of nitrogens with two attached hydrogens (primary N) is 1. The van der Waals surface area contributed by atoms with Crippen LogP contribution in [0.5, 0.6) is 5.75 Å². The van der Waals surface area contributed by atoms with Crippen molar-refractivity contribution < 1.29 is 37.2 Å². The van der Waals surface area contributed by atoms with Crippen molar-refractivity contribution in [3.8, 4) is 5.75 Å².